The first-order valence-corrected chi connectivity index (χ1v) is 27.0. The van der Waals surface area contributed by atoms with E-state index in [4.69, 9.17) is 19.5 Å². The highest BCUT2D eigenvalue weighted by atomic mass is 32.2. The number of nitrogens with zero attached hydrogens (tertiary/aromatic N) is 4. The lowest BCUT2D eigenvalue weighted by atomic mass is 9.87. The van der Waals surface area contributed by atoms with E-state index in [9.17, 15) is 57.9 Å². The Bertz CT molecular complexity index is 1980. The Labute approximate surface area is 382 Å². The first-order valence-electron chi connectivity index (χ1n) is 21.5. The summed E-state index contributed by atoms with van der Waals surface area (Å²) in [5.74, 6) is -0.203. The number of amides is 2. The van der Waals surface area contributed by atoms with Crippen LogP contribution in [0, 0.1) is 11.3 Å². The van der Waals surface area contributed by atoms with Gasteiger partial charge >= 0.3 is 23.5 Å². The van der Waals surface area contributed by atoms with Crippen LogP contribution in [0.3, 0.4) is 0 Å². The molecular weight excluding hydrogens is 939 g/mol. The maximum Gasteiger partial charge on any atom is 0.481 e. The number of aromatic nitrogens is 4. The number of phosphoric acid groups is 3. The van der Waals surface area contributed by atoms with Crippen molar-refractivity contribution in [1.29, 1.82) is 0 Å². The van der Waals surface area contributed by atoms with Crippen molar-refractivity contribution >= 4 is 69.1 Å². The third kappa shape index (κ3) is 20.4. The zero-order valence-corrected chi connectivity index (χ0v) is 40.6. The van der Waals surface area contributed by atoms with E-state index in [1.807, 2.05) is 0 Å². The summed E-state index contributed by atoms with van der Waals surface area (Å²) in [6, 6.07) is 0. The van der Waals surface area contributed by atoms with Gasteiger partial charge in [0.25, 0.3) is 0 Å². The third-order valence-corrected chi connectivity index (χ3v) is 14.6. The summed E-state index contributed by atoms with van der Waals surface area (Å²) < 4.78 is 62.4. The minimum Gasteiger partial charge on any atom is -0.386 e. The number of hydrogen-bond acceptors (Lipinski definition) is 18. The highest BCUT2D eigenvalue weighted by Crippen LogP contribution is 2.61. The molecule has 2 aromatic rings. The summed E-state index contributed by atoms with van der Waals surface area (Å²) in [6.07, 6.45) is 6.73. The topological polar surface area (TPSA) is 364 Å². The molecule has 0 bridgehead atoms. The number of nitrogen functional groups attached to an aromatic ring is 1. The molecule has 28 heteroatoms. The smallest absolute Gasteiger partial charge is 0.386 e. The molecule has 8 atom stereocenters. The molecule has 0 radical (unpaired) electrons. The Morgan fingerprint density at radius 3 is 2.20 bits per heavy atom. The van der Waals surface area contributed by atoms with Crippen molar-refractivity contribution in [3.63, 3.8) is 0 Å². The molecule has 1 saturated heterocycles. The number of ether oxygens (including phenoxy) is 1. The van der Waals surface area contributed by atoms with Gasteiger partial charge in [-0.2, -0.15) is 4.31 Å². The SMILES string of the molecule is CCC(C)CCCCCCCCCCCC(=O)SCCNC(=O)CCNC(=O)C(O)C(C)(C)COP(=O)(O)OP(=O)(O)OCC1OC(n2cnc3c(N)ncnc32)C(O)C1OP(=O)(O)O. The van der Waals surface area contributed by atoms with E-state index in [2.05, 4.69) is 48.3 Å². The van der Waals surface area contributed by atoms with Gasteiger partial charge in [-0.3, -0.25) is 32.5 Å². The van der Waals surface area contributed by atoms with E-state index in [-0.39, 0.29) is 41.6 Å². The molecule has 3 rings (SSSR count). The quantitative estimate of drug-likeness (QED) is 0.0369. The second-order valence-corrected chi connectivity index (χ2v) is 21.9. The average molecular weight is 1010 g/mol. The standard InChI is InChI=1S/C37H66N7O17P3S/c1-5-25(2)15-13-11-9-7-6-8-10-12-14-16-28(46)65-20-19-39-27(45)17-18-40-35(49)32(48)37(3,4)22-58-64(55,56)61-63(53,54)57-21-26-31(60-62(50,51)52)30(47)36(59-26)44-24-43-29-33(38)41-23-42-34(29)44/h23-26,30-32,36,47-48H,5-22H2,1-4H3,(H,39,45)(H,40,49)(H,53,54)(H,55,56)(H2,38,41,42)(H2,50,51,52). The Morgan fingerprint density at radius 1 is 0.923 bits per heavy atom. The maximum atomic E-state index is 12.7. The van der Waals surface area contributed by atoms with Crippen molar-refractivity contribution in [2.45, 2.75) is 142 Å². The normalized spacial score (nSPS) is 20.8. The fourth-order valence-electron chi connectivity index (χ4n) is 6.57. The number of fused-ring (bicyclic) bond motifs is 1. The summed E-state index contributed by atoms with van der Waals surface area (Å²) in [5, 5.41) is 26.6. The molecule has 65 heavy (non-hydrogen) atoms. The van der Waals surface area contributed by atoms with Gasteiger partial charge < -0.3 is 50.9 Å². The van der Waals surface area contributed by atoms with Crippen LogP contribution in [0.4, 0.5) is 5.82 Å². The van der Waals surface area contributed by atoms with Crippen LogP contribution < -0.4 is 16.4 Å². The van der Waals surface area contributed by atoms with Crippen molar-refractivity contribution in [3.8, 4) is 0 Å². The van der Waals surface area contributed by atoms with Gasteiger partial charge in [0.1, 0.15) is 36.3 Å². The number of carbonyl (C=O) groups excluding carboxylic acids is 3. The minimum absolute atomic E-state index is 0.0335. The molecule has 0 saturated carbocycles. The van der Waals surface area contributed by atoms with Crippen molar-refractivity contribution in [3.05, 3.63) is 12.7 Å². The number of nitrogens with two attached hydrogens (primary N) is 1. The molecule has 0 aromatic carbocycles. The van der Waals surface area contributed by atoms with Gasteiger partial charge in [-0.25, -0.2) is 28.6 Å². The maximum absolute atomic E-state index is 12.7. The second-order valence-electron chi connectivity index (χ2n) is 16.5. The van der Waals surface area contributed by atoms with Gasteiger partial charge in [0, 0.05) is 37.1 Å². The number of anilines is 1. The van der Waals surface area contributed by atoms with Crippen LogP contribution in [0.5, 0.6) is 0 Å². The largest absolute Gasteiger partial charge is 0.481 e. The van der Waals surface area contributed by atoms with Crippen LogP contribution in [0.1, 0.15) is 117 Å². The monoisotopic (exact) mass is 1010 g/mol. The molecule has 2 amide bonds. The van der Waals surface area contributed by atoms with E-state index >= 15 is 0 Å². The van der Waals surface area contributed by atoms with Gasteiger partial charge in [0.2, 0.25) is 11.8 Å². The van der Waals surface area contributed by atoms with Crippen LogP contribution in [-0.4, -0.2) is 123 Å². The number of aliphatic hydroxyl groups is 2. The Morgan fingerprint density at radius 2 is 1.55 bits per heavy atom. The molecular formula is C37H66N7O17P3S. The Hall–Kier alpha value is -2.44. The fraction of sp³-hybridized carbons (Fsp3) is 0.784. The predicted octanol–water partition coefficient (Wildman–Crippen LogP) is 4.00. The summed E-state index contributed by atoms with van der Waals surface area (Å²) in [5.41, 5.74) is 4.29. The van der Waals surface area contributed by atoms with Crippen molar-refractivity contribution in [1.82, 2.24) is 30.2 Å². The number of nitrogens with one attached hydrogen (secondary N) is 2. The zero-order chi connectivity index (χ0) is 48.4. The predicted molar refractivity (Wildman–Crippen MR) is 237 cm³/mol. The van der Waals surface area contributed by atoms with Gasteiger partial charge in [0.15, 0.2) is 22.8 Å². The summed E-state index contributed by atoms with van der Waals surface area (Å²) in [4.78, 5) is 88.3. The van der Waals surface area contributed by atoms with Crippen molar-refractivity contribution in [2.75, 3.05) is 37.8 Å². The number of hydrogen-bond donors (Lipinski definition) is 9. The number of unbranched alkanes of at least 4 members (excludes halogenated alkanes) is 8. The van der Waals surface area contributed by atoms with Crippen LogP contribution in [0.2, 0.25) is 0 Å². The molecule has 1 aliphatic heterocycles. The fourth-order valence-corrected chi connectivity index (χ4v) is 10.1. The number of carbonyl (C=O) groups is 3. The molecule has 372 valence electrons. The third-order valence-electron chi connectivity index (χ3n) is 10.5. The molecule has 2 aromatic heterocycles. The molecule has 8 unspecified atom stereocenters. The van der Waals surface area contributed by atoms with E-state index in [0.717, 1.165) is 54.2 Å². The number of phosphoric ester groups is 3. The van der Waals surface area contributed by atoms with Gasteiger partial charge in [-0.1, -0.05) is 104 Å². The molecule has 3 heterocycles. The van der Waals surface area contributed by atoms with E-state index in [0.29, 0.717) is 12.2 Å². The molecule has 0 spiro atoms. The molecule has 1 fully saturated rings. The van der Waals surface area contributed by atoms with Crippen molar-refractivity contribution in [2.24, 2.45) is 11.3 Å². The van der Waals surface area contributed by atoms with E-state index in [1.54, 1.807) is 0 Å². The van der Waals surface area contributed by atoms with Gasteiger partial charge in [0.05, 0.1) is 19.5 Å². The Kier molecular flexibility index (Phi) is 23.6. The number of aliphatic hydroxyl groups excluding tert-OH is 2. The first-order chi connectivity index (χ1) is 30.4. The van der Waals surface area contributed by atoms with E-state index < -0.39 is 84.6 Å². The second kappa shape index (κ2) is 26.9. The van der Waals surface area contributed by atoms with E-state index in [1.165, 1.54) is 65.2 Å². The molecule has 0 aliphatic carbocycles. The molecule has 24 nitrogen and oxygen atoms in total. The van der Waals surface area contributed by atoms with Crippen LogP contribution in [-0.2, 0) is 50.7 Å². The zero-order valence-electron chi connectivity index (χ0n) is 37.1. The first kappa shape index (κ1) is 56.9. The van der Waals surface area contributed by atoms with Crippen molar-refractivity contribution < 1.29 is 80.5 Å². The summed E-state index contributed by atoms with van der Waals surface area (Å²) >= 11 is 1.15. The highest BCUT2D eigenvalue weighted by molar-refractivity contribution is 8.13. The molecule has 1 aliphatic rings. The van der Waals surface area contributed by atoms with Crippen LogP contribution >= 0.6 is 35.2 Å². The number of imidazole rings is 1. The Balaban J connectivity index is 1.33. The lowest BCUT2D eigenvalue weighted by molar-refractivity contribution is -0.137. The number of thioether (sulfide) groups is 1. The number of rotatable bonds is 32. The average Bonchev–Trinajstić information content (AvgIpc) is 3.79. The van der Waals surface area contributed by atoms with Gasteiger partial charge in [-0.05, 0) is 12.3 Å². The van der Waals surface area contributed by atoms with Crippen LogP contribution in [0.25, 0.3) is 11.2 Å². The summed E-state index contributed by atoms with van der Waals surface area (Å²) in [7, 11) is -16.4. The minimum atomic E-state index is -5.57. The molecule has 10 N–H and O–H groups in total. The lowest BCUT2D eigenvalue weighted by Gasteiger charge is -2.30. The lowest BCUT2D eigenvalue weighted by Crippen LogP contribution is -2.46. The highest BCUT2D eigenvalue weighted by Gasteiger charge is 2.50. The van der Waals surface area contributed by atoms with Gasteiger partial charge in [-0.15, -0.1) is 0 Å². The summed E-state index contributed by atoms with van der Waals surface area (Å²) in [6.45, 7) is 5.12. The van der Waals surface area contributed by atoms with Crippen LogP contribution in [0.15, 0.2) is 12.7 Å².